The third-order valence-electron chi connectivity index (χ3n) is 2.51. The van der Waals surface area contributed by atoms with E-state index in [1.54, 1.807) is 23.5 Å². The fraction of sp³-hybridized carbons (Fsp3) is 0.231. The molecule has 1 unspecified atom stereocenters. The largest absolute Gasteiger partial charge is 0.143 e. The van der Waals surface area contributed by atoms with Gasteiger partial charge in [-0.15, -0.1) is 22.9 Å². The number of benzene rings is 1. The zero-order valence-corrected chi connectivity index (χ0v) is 12.3. The lowest BCUT2D eigenvalue weighted by Gasteiger charge is -2.10. The van der Waals surface area contributed by atoms with Gasteiger partial charge in [-0.05, 0) is 42.3 Å². The van der Waals surface area contributed by atoms with Crippen LogP contribution in [0.15, 0.2) is 30.3 Å². The van der Waals surface area contributed by atoms with Crippen molar-refractivity contribution in [1.82, 2.24) is 0 Å². The SMILES string of the molecule is CCc1ccc(C(Cl)c2cc(Cl)ccc2Cl)s1. The predicted octanol–water partition coefficient (Wildman–Crippen LogP) is 5.95. The molecule has 0 bridgehead atoms. The summed E-state index contributed by atoms with van der Waals surface area (Å²) < 4.78 is 0. The maximum absolute atomic E-state index is 6.45. The molecule has 0 amide bonds. The van der Waals surface area contributed by atoms with E-state index in [-0.39, 0.29) is 5.38 Å². The molecule has 1 aromatic carbocycles. The molecule has 90 valence electrons. The van der Waals surface area contributed by atoms with Crippen LogP contribution in [0.2, 0.25) is 10.0 Å². The summed E-state index contributed by atoms with van der Waals surface area (Å²) in [6, 6.07) is 9.53. The zero-order chi connectivity index (χ0) is 12.4. The van der Waals surface area contributed by atoms with Gasteiger partial charge in [-0.3, -0.25) is 0 Å². The molecule has 2 aromatic rings. The van der Waals surface area contributed by atoms with E-state index in [9.17, 15) is 0 Å². The van der Waals surface area contributed by atoms with Gasteiger partial charge in [0.15, 0.2) is 0 Å². The first kappa shape index (κ1) is 13.2. The fourth-order valence-electron chi connectivity index (χ4n) is 1.58. The van der Waals surface area contributed by atoms with Crippen molar-refractivity contribution in [1.29, 1.82) is 0 Å². The van der Waals surface area contributed by atoms with Crippen molar-refractivity contribution in [2.24, 2.45) is 0 Å². The van der Waals surface area contributed by atoms with Crippen LogP contribution in [0.25, 0.3) is 0 Å². The van der Waals surface area contributed by atoms with Crippen LogP contribution in [-0.2, 0) is 6.42 Å². The molecule has 0 saturated heterocycles. The van der Waals surface area contributed by atoms with Crippen LogP contribution in [0, 0.1) is 0 Å². The van der Waals surface area contributed by atoms with Crippen LogP contribution in [0.3, 0.4) is 0 Å². The molecule has 4 heteroatoms. The Labute approximate surface area is 120 Å². The lowest BCUT2D eigenvalue weighted by atomic mass is 10.1. The summed E-state index contributed by atoms with van der Waals surface area (Å²) >= 11 is 20.3. The van der Waals surface area contributed by atoms with E-state index in [1.165, 1.54) is 4.88 Å². The van der Waals surface area contributed by atoms with Gasteiger partial charge in [0.2, 0.25) is 0 Å². The van der Waals surface area contributed by atoms with E-state index < -0.39 is 0 Å². The summed E-state index contributed by atoms with van der Waals surface area (Å²) in [5, 5.41) is 1.08. The number of hydrogen-bond acceptors (Lipinski definition) is 1. The monoisotopic (exact) mass is 304 g/mol. The number of rotatable bonds is 3. The van der Waals surface area contributed by atoms with Gasteiger partial charge in [0.05, 0.1) is 5.38 Å². The van der Waals surface area contributed by atoms with Crippen LogP contribution < -0.4 is 0 Å². The van der Waals surface area contributed by atoms with E-state index >= 15 is 0 Å². The van der Waals surface area contributed by atoms with Gasteiger partial charge < -0.3 is 0 Å². The molecule has 17 heavy (non-hydrogen) atoms. The van der Waals surface area contributed by atoms with Gasteiger partial charge in [-0.25, -0.2) is 0 Å². The third-order valence-corrected chi connectivity index (χ3v) is 4.99. The Bertz CT molecular complexity index is 519. The zero-order valence-electron chi connectivity index (χ0n) is 9.21. The highest BCUT2D eigenvalue weighted by Gasteiger charge is 2.16. The van der Waals surface area contributed by atoms with Crippen molar-refractivity contribution in [3.8, 4) is 0 Å². The standard InChI is InChI=1S/C13H11Cl3S/c1-2-9-4-6-12(17-9)13(16)10-7-8(14)3-5-11(10)15/h3-7,13H,2H2,1H3. The Morgan fingerprint density at radius 2 is 1.94 bits per heavy atom. The van der Waals surface area contributed by atoms with Gasteiger partial charge in [-0.1, -0.05) is 30.1 Å². The quantitative estimate of drug-likeness (QED) is 0.615. The van der Waals surface area contributed by atoms with Crippen LogP contribution in [0.4, 0.5) is 0 Å². The van der Waals surface area contributed by atoms with Crippen LogP contribution >= 0.6 is 46.1 Å². The number of hydrogen-bond donors (Lipinski definition) is 0. The predicted molar refractivity (Wildman–Crippen MR) is 77.9 cm³/mol. The van der Waals surface area contributed by atoms with Crippen molar-refractivity contribution < 1.29 is 0 Å². The number of halogens is 3. The maximum Gasteiger partial charge on any atom is 0.0942 e. The molecule has 0 aliphatic carbocycles. The molecule has 0 spiro atoms. The minimum Gasteiger partial charge on any atom is -0.143 e. The molecule has 0 fully saturated rings. The van der Waals surface area contributed by atoms with Crippen molar-refractivity contribution in [2.75, 3.05) is 0 Å². The van der Waals surface area contributed by atoms with Crippen LogP contribution in [0.5, 0.6) is 0 Å². The second kappa shape index (κ2) is 5.62. The number of alkyl halides is 1. The molecule has 1 atom stereocenters. The van der Waals surface area contributed by atoms with Crippen molar-refractivity contribution in [3.05, 3.63) is 55.7 Å². The van der Waals surface area contributed by atoms with Gasteiger partial charge in [0, 0.05) is 19.8 Å². The molecule has 1 heterocycles. The van der Waals surface area contributed by atoms with Crippen molar-refractivity contribution >= 4 is 46.1 Å². The van der Waals surface area contributed by atoms with E-state index in [2.05, 4.69) is 19.1 Å². The Kier molecular flexibility index (Phi) is 4.37. The topological polar surface area (TPSA) is 0 Å². The van der Waals surface area contributed by atoms with E-state index in [4.69, 9.17) is 34.8 Å². The Morgan fingerprint density at radius 3 is 2.59 bits per heavy atom. The highest BCUT2D eigenvalue weighted by molar-refractivity contribution is 7.12. The summed E-state index contributed by atoms with van der Waals surface area (Å²) in [7, 11) is 0. The third kappa shape index (κ3) is 2.97. The van der Waals surface area contributed by atoms with E-state index in [0.717, 1.165) is 16.9 Å². The van der Waals surface area contributed by atoms with Gasteiger partial charge in [0.25, 0.3) is 0 Å². The average Bonchev–Trinajstić information content (AvgIpc) is 2.80. The van der Waals surface area contributed by atoms with Crippen molar-refractivity contribution in [2.45, 2.75) is 18.7 Å². The summed E-state index contributed by atoms with van der Waals surface area (Å²) in [6.45, 7) is 2.13. The van der Waals surface area contributed by atoms with Crippen molar-refractivity contribution in [3.63, 3.8) is 0 Å². The lowest BCUT2D eigenvalue weighted by Crippen LogP contribution is -1.91. The van der Waals surface area contributed by atoms with Crippen LogP contribution in [0.1, 0.15) is 27.6 Å². The van der Waals surface area contributed by atoms with Gasteiger partial charge >= 0.3 is 0 Å². The molecular formula is C13H11Cl3S. The normalized spacial score (nSPS) is 12.7. The maximum atomic E-state index is 6.45. The van der Waals surface area contributed by atoms with Gasteiger partial charge in [-0.2, -0.15) is 0 Å². The highest BCUT2D eigenvalue weighted by Crippen LogP contribution is 2.38. The molecule has 0 nitrogen and oxygen atoms in total. The molecular weight excluding hydrogens is 295 g/mol. The first-order valence-electron chi connectivity index (χ1n) is 5.29. The molecule has 0 aliphatic heterocycles. The summed E-state index contributed by atoms with van der Waals surface area (Å²) in [6.07, 6.45) is 1.03. The Hall–Kier alpha value is -0.210. The summed E-state index contributed by atoms with van der Waals surface area (Å²) in [5.74, 6) is 0. The Morgan fingerprint density at radius 1 is 1.18 bits per heavy atom. The number of aryl methyl sites for hydroxylation is 1. The molecule has 0 saturated carbocycles. The Balaban J connectivity index is 2.35. The first-order valence-corrected chi connectivity index (χ1v) is 7.30. The number of thiophene rings is 1. The second-order valence-electron chi connectivity index (χ2n) is 3.69. The smallest absolute Gasteiger partial charge is 0.0942 e. The van der Waals surface area contributed by atoms with Crippen LogP contribution in [-0.4, -0.2) is 0 Å². The fourth-order valence-corrected chi connectivity index (χ4v) is 3.38. The van der Waals surface area contributed by atoms with E-state index in [1.807, 2.05) is 6.07 Å². The minimum atomic E-state index is -0.230. The average molecular weight is 306 g/mol. The van der Waals surface area contributed by atoms with E-state index in [0.29, 0.717) is 10.0 Å². The summed E-state index contributed by atoms with van der Waals surface area (Å²) in [5.41, 5.74) is 0.866. The molecule has 1 aromatic heterocycles. The minimum absolute atomic E-state index is 0.230. The summed E-state index contributed by atoms with van der Waals surface area (Å²) in [4.78, 5) is 2.43. The lowest BCUT2D eigenvalue weighted by molar-refractivity contribution is 1.18. The van der Waals surface area contributed by atoms with Gasteiger partial charge in [0.1, 0.15) is 0 Å². The molecule has 0 aliphatic rings. The first-order chi connectivity index (χ1) is 8.11. The molecule has 2 rings (SSSR count). The second-order valence-corrected chi connectivity index (χ2v) is 6.17. The molecule has 0 radical (unpaired) electrons. The highest BCUT2D eigenvalue weighted by atomic mass is 35.5. The molecule has 0 N–H and O–H groups in total.